The molecule has 9 heteroatoms. The number of thiocarbonyl (C=S) groups is 1. The van der Waals surface area contributed by atoms with Crippen molar-refractivity contribution in [3.8, 4) is 11.5 Å². The first-order chi connectivity index (χ1) is 12.7. The molecule has 1 saturated heterocycles. The Morgan fingerprint density at radius 2 is 1.96 bits per heavy atom. The fraction of sp³-hybridized carbons (Fsp3) is 0.353. The van der Waals surface area contributed by atoms with Gasteiger partial charge in [0, 0.05) is 25.7 Å². The summed E-state index contributed by atoms with van der Waals surface area (Å²) < 4.78 is 10.7. The quantitative estimate of drug-likeness (QED) is 0.609. The van der Waals surface area contributed by atoms with Crippen molar-refractivity contribution in [2.75, 3.05) is 30.1 Å². The lowest BCUT2D eigenvalue weighted by atomic mass is 10.2. The Bertz CT molecular complexity index is 829. The summed E-state index contributed by atoms with van der Waals surface area (Å²) in [6.07, 6.45) is 2.33. The van der Waals surface area contributed by atoms with E-state index in [0.29, 0.717) is 22.8 Å². The van der Waals surface area contributed by atoms with Crippen LogP contribution in [0.2, 0.25) is 5.15 Å². The van der Waals surface area contributed by atoms with E-state index in [1.165, 1.54) is 12.8 Å². The van der Waals surface area contributed by atoms with Crippen molar-refractivity contribution in [3.05, 3.63) is 35.0 Å². The van der Waals surface area contributed by atoms with Gasteiger partial charge in [-0.25, -0.2) is 4.98 Å². The van der Waals surface area contributed by atoms with E-state index in [-0.39, 0.29) is 6.79 Å². The Balaban J connectivity index is 1.37. The van der Waals surface area contributed by atoms with E-state index >= 15 is 0 Å². The van der Waals surface area contributed by atoms with Gasteiger partial charge >= 0.3 is 0 Å². The second-order valence-corrected chi connectivity index (χ2v) is 6.86. The fourth-order valence-electron chi connectivity index (χ4n) is 2.95. The normalized spacial score (nSPS) is 15.2. The van der Waals surface area contributed by atoms with Crippen LogP contribution in [-0.2, 0) is 6.54 Å². The predicted octanol–water partition coefficient (Wildman–Crippen LogP) is 2.95. The molecule has 2 N–H and O–H groups in total. The van der Waals surface area contributed by atoms with E-state index in [2.05, 4.69) is 25.5 Å². The van der Waals surface area contributed by atoms with E-state index in [4.69, 9.17) is 33.3 Å². The van der Waals surface area contributed by atoms with Crippen molar-refractivity contribution in [1.82, 2.24) is 15.3 Å². The standard InChI is InChI=1S/C17H18ClN5O2S/c18-14-8-15(23-5-1-2-6-23)21-16(20-14)22-17(26)19-9-11-3-4-12-13(7-11)25-10-24-12/h3-4,7-8H,1-2,5-6,9-10H2,(H2,19,20,21,22,26). The zero-order chi connectivity index (χ0) is 17.9. The molecule has 2 aliphatic heterocycles. The summed E-state index contributed by atoms with van der Waals surface area (Å²) in [6.45, 7) is 2.78. The summed E-state index contributed by atoms with van der Waals surface area (Å²) in [5, 5.41) is 6.95. The third-order valence-electron chi connectivity index (χ3n) is 4.23. The maximum Gasteiger partial charge on any atom is 0.232 e. The summed E-state index contributed by atoms with van der Waals surface area (Å²) >= 11 is 11.5. The highest BCUT2D eigenvalue weighted by Crippen LogP contribution is 2.32. The van der Waals surface area contributed by atoms with E-state index < -0.39 is 0 Å². The molecule has 0 atom stereocenters. The molecule has 0 saturated carbocycles. The van der Waals surface area contributed by atoms with Crippen LogP contribution in [0.4, 0.5) is 11.8 Å². The van der Waals surface area contributed by atoms with E-state index in [9.17, 15) is 0 Å². The van der Waals surface area contributed by atoms with Gasteiger partial charge in [0.1, 0.15) is 11.0 Å². The molecule has 26 heavy (non-hydrogen) atoms. The number of rotatable bonds is 4. The fourth-order valence-corrected chi connectivity index (χ4v) is 3.29. The van der Waals surface area contributed by atoms with Crippen molar-refractivity contribution in [3.63, 3.8) is 0 Å². The molecule has 4 rings (SSSR count). The highest BCUT2D eigenvalue weighted by molar-refractivity contribution is 7.80. The molecule has 0 radical (unpaired) electrons. The number of nitrogens with zero attached hydrogens (tertiary/aromatic N) is 3. The van der Waals surface area contributed by atoms with Crippen LogP contribution in [0.5, 0.6) is 11.5 Å². The Morgan fingerprint density at radius 3 is 2.81 bits per heavy atom. The first kappa shape index (κ1) is 17.1. The molecular weight excluding hydrogens is 374 g/mol. The highest BCUT2D eigenvalue weighted by atomic mass is 35.5. The van der Waals surface area contributed by atoms with Crippen LogP contribution >= 0.6 is 23.8 Å². The van der Waals surface area contributed by atoms with Crippen LogP contribution < -0.4 is 25.0 Å². The number of nitrogens with one attached hydrogen (secondary N) is 2. The van der Waals surface area contributed by atoms with Gasteiger partial charge < -0.3 is 25.0 Å². The molecule has 0 unspecified atom stereocenters. The van der Waals surface area contributed by atoms with Crippen LogP contribution in [0.1, 0.15) is 18.4 Å². The summed E-state index contributed by atoms with van der Waals surface area (Å²) in [5.41, 5.74) is 1.03. The number of hydrogen-bond donors (Lipinski definition) is 2. The molecule has 0 amide bonds. The van der Waals surface area contributed by atoms with Crippen molar-refractivity contribution in [2.24, 2.45) is 0 Å². The number of halogens is 1. The van der Waals surface area contributed by atoms with Gasteiger partial charge in [0.15, 0.2) is 16.6 Å². The lowest BCUT2D eigenvalue weighted by Gasteiger charge is -2.17. The average Bonchev–Trinajstić information content (AvgIpc) is 3.30. The molecule has 0 aliphatic carbocycles. The summed E-state index contributed by atoms with van der Waals surface area (Å²) in [6, 6.07) is 7.56. The molecule has 0 bridgehead atoms. The number of hydrogen-bond acceptors (Lipinski definition) is 6. The Labute approximate surface area is 161 Å². The molecule has 1 aromatic carbocycles. The Morgan fingerprint density at radius 1 is 1.15 bits per heavy atom. The number of aromatic nitrogens is 2. The minimum absolute atomic E-state index is 0.262. The summed E-state index contributed by atoms with van der Waals surface area (Å²) in [7, 11) is 0. The molecule has 136 valence electrons. The predicted molar refractivity (Wildman–Crippen MR) is 104 cm³/mol. The minimum Gasteiger partial charge on any atom is -0.454 e. The second kappa shape index (κ2) is 7.51. The number of ether oxygens (including phenoxy) is 2. The molecule has 1 fully saturated rings. The third-order valence-corrected chi connectivity index (χ3v) is 4.67. The Hall–Kier alpha value is -2.32. The van der Waals surface area contributed by atoms with Crippen LogP contribution in [0.15, 0.2) is 24.3 Å². The van der Waals surface area contributed by atoms with E-state index in [1.54, 1.807) is 6.07 Å². The van der Waals surface area contributed by atoms with Crippen LogP contribution in [-0.4, -0.2) is 35.0 Å². The maximum atomic E-state index is 6.13. The monoisotopic (exact) mass is 391 g/mol. The summed E-state index contributed by atoms with van der Waals surface area (Å²) in [5.74, 6) is 2.72. The Kier molecular flexibility index (Phi) is 4.94. The SMILES string of the molecule is S=C(NCc1ccc2c(c1)OCO2)Nc1nc(Cl)cc(N2CCCC2)n1. The van der Waals surface area contributed by atoms with Gasteiger partial charge in [0.25, 0.3) is 0 Å². The number of fused-ring (bicyclic) bond motifs is 1. The topological polar surface area (TPSA) is 71.5 Å². The first-order valence-corrected chi connectivity index (χ1v) is 9.19. The largest absolute Gasteiger partial charge is 0.454 e. The third kappa shape index (κ3) is 3.91. The van der Waals surface area contributed by atoms with Crippen molar-refractivity contribution in [1.29, 1.82) is 0 Å². The lowest BCUT2D eigenvalue weighted by Crippen LogP contribution is -2.29. The zero-order valence-electron chi connectivity index (χ0n) is 14.0. The smallest absolute Gasteiger partial charge is 0.232 e. The summed E-state index contributed by atoms with van der Waals surface area (Å²) in [4.78, 5) is 10.9. The number of benzene rings is 1. The zero-order valence-corrected chi connectivity index (χ0v) is 15.6. The molecule has 2 aromatic rings. The van der Waals surface area contributed by atoms with Gasteiger partial charge in [0.05, 0.1) is 0 Å². The molecular formula is C17H18ClN5O2S. The van der Waals surface area contributed by atoms with Crippen molar-refractivity contribution in [2.45, 2.75) is 19.4 Å². The minimum atomic E-state index is 0.262. The average molecular weight is 392 g/mol. The van der Waals surface area contributed by atoms with Crippen LogP contribution in [0.3, 0.4) is 0 Å². The molecule has 2 aliphatic rings. The van der Waals surface area contributed by atoms with Gasteiger partial charge in [-0.2, -0.15) is 4.98 Å². The van der Waals surface area contributed by atoms with Crippen molar-refractivity contribution < 1.29 is 9.47 Å². The molecule has 3 heterocycles. The van der Waals surface area contributed by atoms with Gasteiger partial charge in [-0.15, -0.1) is 0 Å². The molecule has 7 nitrogen and oxygen atoms in total. The second-order valence-electron chi connectivity index (χ2n) is 6.06. The van der Waals surface area contributed by atoms with Gasteiger partial charge in [-0.05, 0) is 42.8 Å². The molecule has 1 aromatic heterocycles. The first-order valence-electron chi connectivity index (χ1n) is 8.40. The van der Waals surface area contributed by atoms with Gasteiger partial charge in [-0.1, -0.05) is 17.7 Å². The lowest BCUT2D eigenvalue weighted by molar-refractivity contribution is 0.174. The van der Waals surface area contributed by atoms with E-state index in [0.717, 1.165) is 36.0 Å². The maximum absolute atomic E-state index is 6.13. The highest BCUT2D eigenvalue weighted by Gasteiger charge is 2.16. The van der Waals surface area contributed by atoms with Crippen LogP contribution in [0, 0.1) is 0 Å². The van der Waals surface area contributed by atoms with Gasteiger partial charge in [0.2, 0.25) is 12.7 Å². The number of anilines is 2. The molecule has 0 spiro atoms. The van der Waals surface area contributed by atoms with Crippen molar-refractivity contribution >= 4 is 40.7 Å². The van der Waals surface area contributed by atoms with E-state index in [1.807, 2.05) is 18.2 Å². The van der Waals surface area contributed by atoms with Crippen LogP contribution in [0.25, 0.3) is 0 Å². The van der Waals surface area contributed by atoms with Gasteiger partial charge in [-0.3, -0.25) is 0 Å².